The summed E-state index contributed by atoms with van der Waals surface area (Å²) in [6.45, 7) is 3.62. The molecule has 1 aromatic rings. The third-order valence-corrected chi connectivity index (χ3v) is 2.50. The molecule has 2 rings (SSSR count). The van der Waals surface area contributed by atoms with Gasteiger partial charge in [-0.3, -0.25) is 4.79 Å². The Balaban J connectivity index is 2.47. The Morgan fingerprint density at radius 1 is 1.46 bits per heavy atom. The van der Waals surface area contributed by atoms with Crippen molar-refractivity contribution >= 4 is 11.9 Å². The lowest BCUT2D eigenvalue weighted by molar-refractivity contribution is -0.113. The number of hydrogen-bond donors (Lipinski definition) is 0. The van der Waals surface area contributed by atoms with Gasteiger partial charge in [0.1, 0.15) is 5.76 Å². The number of carbonyl (C=O) groups is 1. The summed E-state index contributed by atoms with van der Waals surface area (Å²) in [6.07, 6.45) is 5.38. The Kier molecular flexibility index (Phi) is 1.83. The zero-order chi connectivity index (χ0) is 9.42. The zero-order valence-corrected chi connectivity index (χ0v) is 7.89. The van der Waals surface area contributed by atoms with Crippen LogP contribution in [-0.2, 0) is 11.2 Å². The summed E-state index contributed by atoms with van der Waals surface area (Å²) in [4.78, 5) is 11.1. The average molecular weight is 176 g/mol. The van der Waals surface area contributed by atoms with Crippen LogP contribution in [0.1, 0.15) is 30.2 Å². The van der Waals surface area contributed by atoms with Crippen LogP contribution in [0.2, 0.25) is 0 Å². The number of furan rings is 1. The number of hydrogen-bond acceptors (Lipinski definition) is 2. The van der Waals surface area contributed by atoms with Gasteiger partial charge in [0.25, 0.3) is 0 Å². The highest BCUT2D eigenvalue weighted by atomic mass is 16.3. The summed E-state index contributed by atoms with van der Waals surface area (Å²) in [5.74, 6) is 1.19. The van der Waals surface area contributed by atoms with Gasteiger partial charge in [0.05, 0.1) is 6.26 Å². The van der Waals surface area contributed by atoms with E-state index in [4.69, 9.17) is 4.42 Å². The molecule has 0 atom stereocenters. The molecule has 2 nitrogen and oxygen atoms in total. The fourth-order valence-corrected chi connectivity index (χ4v) is 1.67. The zero-order valence-electron chi connectivity index (χ0n) is 7.89. The molecular weight excluding hydrogens is 164 g/mol. The van der Waals surface area contributed by atoms with E-state index in [9.17, 15) is 4.79 Å². The van der Waals surface area contributed by atoms with E-state index >= 15 is 0 Å². The first-order valence-electron chi connectivity index (χ1n) is 4.47. The summed E-state index contributed by atoms with van der Waals surface area (Å²) in [6, 6.07) is 0. The van der Waals surface area contributed by atoms with Gasteiger partial charge in [-0.15, -0.1) is 0 Å². The van der Waals surface area contributed by atoms with Crippen molar-refractivity contribution in [2.45, 2.75) is 26.7 Å². The van der Waals surface area contributed by atoms with E-state index in [0.717, 1.165) is 35.3 Å². The van der Waals surface area contributed by atoms with E-state index in [1.807, 2.05) is 13.0 Å². The van der Waals surface area contributed by atoms with Crippen molar-refractivity contribution in [3.8, 4) is 0 Å². The molecule has 0 radical (unpaired) electrons. The summed E-state index contributed by atoms with van der Waals surface area (Å²) in [5.41, 5.74) is 3.14. The minimum Gasteiger partial charge on any atom is -0.468 e. The predicted octanol–water partition coefficient (Wildman–Crippen LogP) is 2.51. The molecule has 0 bridgehead atoms. The van der Waals surface area contributed by atoms with Gasteiger partial charge in [0, 0.05) is 12.0 Å². The molecular formula is C11H12O2. The van der Waals surface area contributed by atoms with Crippen LogP contribution in [0.3, 0.4) is 0 Å². The summed E-state index contributed by atoms with van der Waals surface area (Å²) in [5, 5.41) is 0. The lowest BCUT2D eigenvalue weighted by Crippen LogP contribution is -2.03. The molecule has 0 aliphatic heterocycles. The Hall–Kier alpha value is -1.31. The second-order valence-corrected chi connectivity index (χ2v) is 3.48. The largest absolute Gasteiger partial charge is 0.468 e. The first-order chi connectivity index (χ1) is 6.18. The third-order valence-electron chi connectivity index (χ3n) is 2.50. The van der Waals surface area contributed by atoms with Crippen molar-refractivity contribution in [2.24, 2.45) is 0 Å². The van der Waals surface area contributed by atoms with Crippen LogP contribution >= 0.6 is 0 Å². The number of fused-ring (bicyclic) bond motifs is 1. The fourth-order valence-electron chi connectivity index (χ4n) is 1.67. The van der Waals surface area contributed by atoms with Crippen molar-refractivity contribution in [1.29, 1.82) is 0 Å². The molecule has 1 aromatic heterocycles. The maximum absolute atomic E-state index is 11.1. The summed E-state index contributed by atoms with van der Waals surface area (Å²) in [7, 11) is 0. The monoisotopic (exact) mass is 176 g/mol. The van der Waals surface area contributed by atoms with E-state index < -0.39 is 0 Å². The number of rotatable bonds is 1. The highest BCUT2D eigenvalue weighted by molar-refractivity contribution is 5.98. The van der Waals surface area contributed by atoms with Crippen molar-refractivity contribution in [1.82, 2.24) is 0 Å². The number of carbonyl (C=O) groups excluding carboxylic acids is 1. The number of ketones is 1. The molecule has 0 N–H and O–H groups in total. The molecule has 1 heterocycles. The van der Waals surface area contributed by atoms with Crippen molar-refractivity contribution < 1.29 is 9.21 Å². The van der Waals surface area contributed by atoms with Crippen LogP contribution in [0.5, 0.6) is 0 Å². The maximum atomic E-state index is 11.1. The van der Waals surface area contributed by atoms with Crippen LogP contribution in [0.25, 0.3) is 6.08 Å². The Labute approximate surface area is 77.2 Å². The quantitative estimate of drug-likeness (QED) is 0.658. The molecule has 2 heteroatoms. The molecule has 0 saturated carbocycles. The Bertz CT molecular complexity index is 383. The molecule has 68 valence electrons. The van der Waals surface area contributed by atoms with Gasteiger partial charge < -0.3 is 4.42 Å². The number of allylic oxidation sites excluding steroid dienone is 1. The van der Waals surface area contributed by atoms with Crippen molar-refractivity contribution in [2.75, 3.05) is 0 Å². The lowest BCUT2D eigenvalue weighted by atomic mass is 9.94. The van der Waals surface area contributed by atoms with Gasteiger partial charge in [-0.1, -0.05) is 0 Å². The minimum absolute atomic E-state index is 0.172. The number of aryl methyl sites for hydroxylation is 2. The lowest BCUT2D eigenvalue weighted by Gasteiger charge is -2.09. The molecule has 1 aliphatic carbocycles. The van der Waals surface area contributed by atoms with E-state index in [0.29, 0.717) is 0 Å². The third kappa shape index (κ3) is 1.32. The van der Waals surface area contributed by atoms with E-state index in [1.54, 1.807) is 13.2 Å². The Morgan fingerprint density at radius 2 is 2.23 bits per heavy atom. The van der Waals surface area contributed by atoms with E-state index in [-0.39, 0.29) is 5.78 Å². The van der Waals surface area contributed by atoms with Gasteiger partial charge in [0.15, 0.2) is 5.78 Å². The fraction of sp³-hybridized carbons (Fsp3) is 0.364. The second kappa shape index (κ2) is 2.87. The molecule has 0 unspecified atom stereocenters. The first kappa shape index (κ1) is 8.30. The van der Waals surface area contributed by atoms with Crippen LogP contribution < -0.4 is 0 Å². The van der Waals surface area contributed by atoms with E-state index in [1.165, 1.54) is 0 Å². The maximum Gasteiger partial charge on any atom is 0.155 e. The second-order valence-electron chi connectivity index (χ2n) is 3.48. The SMILES string of the molecule is CC(=O)C1=Cc2c(C)coc2CC1. The van der Waals surface area contributed by atoms with Crippen molar-refractivity contribution in [3.05, 3.63) is 28.7 Å². The summed E-state index contributed by atoms with van der Waals surface area (Å²) < 4.78 is 5.36. The molecule has 1 aliphatic rings. The highest BCUT2D eigenvalue weighted by Crippen LogP contribution is 2.27. The molecule has 13 heavy (non-hydrogen) atoms. The number of Topliss-reactive ketones (excluding diaryl/α,β-unsaturated/α-hetero) is 1. The minimum atomic E-state index is 0.172. The van der Waals surface area contributed by atoms with E-state index in [2.05, 4.69) is 0 Å². The average Bonchev–Trinajstić information content (AvgIpc) is 2.47. The predicted molar refractivity (Wildman–Crippen MR) is 50.4 cm³/mol. The molecule has 0 aromatic carbocycles. The van der Waals surface area contributed by atoms with Crippen molar-refractivity contribution in [3.63, 3.8) is 0 Å². The van der Waals surface area contributed by atoms with Crippen LogP contribution in [0, 0.1) is 6.92 Å². The molecule has 0 saturated heterocycles. The van der Waals surface area contributed by atoms with Crippen LogP contribution in [-0.4, -0.2) is 5.78 Å². The molecule has 0 fully saturated rings. The standard InChI is InChI=1S/C11H12O2/c1-7-6-13-11-4-3-9(8(2)12)5-10(7)11/h5-6H,3-4H2,1-2H3. The highest BCUT2D eigenvalue weighted by Gasteiger charge is 2.17. The molecule has 0 spiro atoms. The summed E-state index contributed by atoms with van der Waals surface area (Å²) >= 11 is 0. The first-order valence-corrected chi connectivity index (χ1v) is 4.47. The van der Waals surface area contributed by atoms with Gasteiger partial charge in [-0.05, 0) is 37.5 Å². The molecule has 0 amide bonds. The van der Waals surface area contributed by atoms with Crippen LogP contribution in [0.4, 0.5) is 0 Å². The Morgan fingerprint density at radius 3 is 2.92 bits per heavy atom. The normalized spacial score (nSPS) is 15.1. The van der Waals surface area contributed by atoms with Gasteiger partial charge in [-0.25, -0.2) is 0 Å². The van der Waals surface area contributed by atoms with Gasteiger partial charge in [0.2, 0.25) is 0 Å². The van der Waals surface area contributed by atoms with Gasteiger partial charge in [-0.2, -0.15) is 0 Å². The van der Waals surface area contributed by atoms with Crippen LogP contribution in [0.15, 0.2) is 16.3 Å². The topological polar surface area (TPSA) is 30.2 Å². The van der Waals surface area contributed by atoms with Gasteiger partial charge >= 0.3 is 0 Å². The smallest absolute Gasteiger partial charge is 0.155 e.